The second-order valence-corrected chi connectivity index (χ2v) is 4.43. The van der Waals surface area contributed by atoms with Crippen LogP contribution in [0.4, 0.5) is 0 Å². The molecule has 0 bridgehead atoms. The SMILES string of the molecule is CC(CBr)CC(C)(C)CO. The Bertz CT molecular complexity index is 91.3. The van der Waals surface area contributed by atoms with Crippen molar-refractivity contribution < 1.29 is 5.11 Å². The molecule has 0 saturated carbocycles. The van der Waals surface area contributed by atoms with Gasteiger partial charge in [0.2, 0.25) is 0 Å². The maximum atomic E-state index is 8.92. The van der Waals surface area contributed by atoms with Crippen molar-refractivity contribution in [2.75, 3.05) is 11.9 Å². The topological polar surface area (TPSA) is 20.2 Å². The van der Waals surface area contributed by atoms with Crippen LogP contribution in [0.25, 0.3) is 0 Å². The summed E-state index contributed by atoms with van der Waals surface area (Å²) in [4.78, 5) is 0. The van der Waals surface area contributed by atoms with Gasteiger partial charge in [-0.15, -0.1) is 0 Å². The van der Waals surface area contributed by atoms with Gasteiger partial charge < -0.3 is 5.11 Å². The van der Waals surface area contributed by atoms with Crippen LogP contribution in [0.15, 0.2) is 0 Å². The standard InChI is InChI=1S/C8H17BrO/c1-7(5-9)4-8(2,3)6-10/h7,10H,4-6H2,1-3H3. The van der Waals surface area contributed by atoms with Gasteiger partial charge in [0.25, 0.3) is 0 Å². The zero-order chi connectivity index (χ0) is 8.20. The van der Waals surface area contributed by atoms with Crippen molar-refractivity contribution >= 4 is 15.9 Å². The van der Waals surface area contributed by atoms with Crippen molar-refractivity contribution in [2.45, 2.75) is 27.2 Å². The van der Waals surface area contributed by atoms with E-state index in [9.17, 15) is 0 Å². The first kappa shape index (κ1) is 10.4. The van der Waals surface area contributed by atoms with Crippen LogP contribution in [0.1, 0.15) is 27.2 Å². The zero-order valence-corrected chi connectivity index (χ0v) is 8.61. The van der Waals surface area contributed by atoms with E-state index in [1.807, 2.05) is 0 Å². The number of hydrogen-bond acceptors (Lipinski definition) is 1. The van der Waals surface area contributed by atoms with E-state index in [0.717, 1.165) is 11.8 Å². The molecular formula is C8H17BrO. The molecule has 0 aliphatic heterocycles. The van der Waals surface area contributed by atoms with Crippen molar-refractivity contribution in [1.29, 1.82) is 0 Å². The summed E-state index contributed by atoms with van der Waals surface area (Å²) in [6.45, 7) is 6.65. The zero-order valence-electron chi connectivity index (χ0n) is 7.02. The molecule has 0 aliphatic rings. The maximum absolute atomic E-state index is 8.92. The highest BCUT2D eigenvalue weighted by molar-refractivity contribution is 9.09. The van der Waals surface area contributed by atoms with Gasteiger partial charge in [-0.1, -0.05) is 36.7 Å². The van der Waals surface area contributed by atoms with E-state index >= 15 is 0 Å². The molecule has 0 rings (SSSR count). The Labute approximate surface area is 72.0 Å². The molecule has 0 amide bonds. The van der Waals surface area contributed by atoms with Crippen molar-refractivity contribution in [2.24, 2.45) is 11.3 Å². The van der Waals surface area contributed by atoms with E-state index in [1.165, 1.54) is 0 Å². The summed E-state index contributed by atoms with van der Waals surface area (Å²) in [5, 5.41) is 9.95. The van der Waals surface area contributed by atoms with Gasteiger partial charge in [-0.3, -0.25) is 0 Å². The van der Waals surface area contributed by atoms with Gasteiger partial charge in [-0.25, -0.2) is 0 Å². The molecule has 0 spiro atoms. The summed E-state index contributed by atoms with van der Waals surface area (Å²) >= 11 is 3.41. The molecule has 0 fully saturated rings. The normalized spacial score (nSPS) is 15.3. The highest BCUT2D eigenvalue weighted by atomic mass is 79.9. The number of aliphatic hydroxyl groups excluding tert-OH is 1. The van der Waals surface area contributed by atoms with Crippen molar-refractivity contribution in [3.8, 4) is 0 Å². The summed E-state index contributed by atoms with van der Waals surface area (Å²) in [5.74, 6) is 0.655. The first-order chi connectivity index (χ1) is 4.52. The van der Waals surface area contributed by atoms with Crippen molar-refractivity contribution in [1.82, 2.24) is 0 Å². The Morgan fingerprint density at radius 1 is 1.50 bits per heavy atom. The highest BCUT2D eigenvalue weighted by Crippen LogP contribution is 2.25. The largest absolute Gasteiger partial charge is 0.396 e. The smallest absolute Gasteiger partial charge is 0.0482 e. The van der Waals surface area contributed by atoms with Crippen molar-refractivity contribution in [3.63, 3.8) is 0 Å². The summed E-state index contributed by atoms with van der Waals surface area (Å²) in [6.07, 6.45) is 1.08. The van der Waals surface area contributed by atoms with Crippen LogP contribution in [-0.2, 0) is 0 Å². The van der Waals surface area contributed by atoms with Crippen LogP contribution >= 0.6 is 15.9 Å². The van der Waals surface area contributed by atoms with Crippen molar-refractivity contribution in [3.05, 3.63) is 0 Å². The molecule has 0 aliphatic carbocycles. The Kier molecular flexibility index (Phi) is 4.54. The third kappa shape index (κ3) is 4.29. The van der Waals surface area contributed by atoms with Gasteiger partial charge in [-0.05, 0) is 17.8 Å². The number of hydrogen-bond donors (Lipinski definition) is 1. The average Bonchev–Trinajstić information content (AvgIpc) is 1.87. The lowest BCUT2D eigenvalue weighted by Gasteiger charge is -2.24. The maximum Gasteiger partial charge on any atom is 0.0482 e. The van der Waals surface area contributed by atoms with Crippen LogP contribution in [0.5, 0.6) is 0 Å². The minimum absolute atomic E-state index is 0.0905. The van der Waals surface area contributed by atoms with Crippen LogP contribution in [0, 0.1) is 11.3 Å². The average molecular weight is 209 g/mol. The van der Waals surface area contributed by atoms with Gasteiger partial charge in [0, 0.05) is 11.9 Å². The van der Waals surface area contributed by atoms with Crippen LogP contribution in [-0.4, -0.2) is 17.0 Å². The molecule has 0 saturated heterocycles. The fourth-order valence-electron chi connectivity index (χ4n) is 1.06. The first-order valence-corrected chi connectivity index (χ1v) is 4.81. The molecule has 1 atom stereocenters. The third-order valence-electron chi connectivity index (χ3n) is 1.59. The molecule has 10 heavy (non-hydrogen) atoms. The van der Waals surface area contributed by atoms with E-state index in [2.05, 4.69) is 36.7 Å². The van der Waals surface area contributed by atoms with Crippen LogP contribution in [0.2, 0.25) is 0 Å². The van der Waals surface area contributed by atoms with E-state index in [1.54, 1.807) is 0 Å². The quantitative estimate of drug-likeness (QED) is 0.705. The molecular weight excluding hydrogens is 192 g/mol. The van der Waals surface area contributed by atoms with Gasteiger partial charge in [0.1, 0.15) is 0 Å². The Balaban J connectivity index is 3.64. The molecule has 1 nitrogen and oxygen atoms in total. The second kappa shape index (κ2) is 4.35. The first-order valence-electron chi connectivity index (χ1n) is 3.68. The van der Waals surface area contributed by atoms with E-state index in [4.69, 9.17) is 5.11 Å². The van der Waals surface area contributed by atoms with Gasteiger partial charge in [0.15, 0.2) is 0 Å². The van der Waals surface area contributed by atoms with Gasteiger partial charge in [0.05, 0.1) is 0 Å². The molecule has 0 aromatic rings. The number of aliphatic hydroxyl groups is 1. The summed E-state index contributed by atoms with van der Waals surface area (Å²) in [7, 11) is 0. The molecule has 62 valence electrons. The third-order valence-corrected chi connectivity index (χ3v) is 2.70. The Morgan fingerprint density at radius 2 is 2.00 bits per heavy atom. The van der Waals surface area contributed by atoms with Crippen LogP contribution < -0.4 is 0 Å². The number of alkyl halides is 1. The lowest BCUT2D eigenvalue weighted by molar-refractivity contribution is 0.137. The molecule has 1 unspecified atom stereocenters. The van der Waals surface area contributed by atoms with Gasteiger partial charge >= 0.3 is 0 Å². The van der Waals surface area contributed by atoms with E-state index in [-0.39, 0.29) is 12.0 Å². The number of halogens is 1. The second-order valence-electron chi connectivity index (χ2n) is 3.79. The predicted octanol–water partition coefficient (Wildman–Crippen LogP) is 2.43. The fourth-order valence-corrected chi connectivity index (χ4v) is 1.29. The minimum Gasteiger partial charge on any atom is -0.396 e. The monoisotopic (exact) mass is 208 g/mol. The molecule has 0 aromatic heterocycles. The lowest BCUT2D eigenvalue weighted by Crippen LogP contribution is -2.20. The highest BCUT2D eigenvalue weighted by Gasteiger charge is 2.18. The summed E-state index contributed by atoms with van der Waals surface area (Å²) in [5.41, 5.74) is 0.0905. The summed E-state index contributed by atoms with van der Waals surface area (Å²) < 4.78 is 0. The predicted molar refractivity (Wildman–Crippen MR) is 48.4 cm³/mol. The number of rotatable bonds is 4. The molecule has 0 radical (unpaired) electrons. The molecule has 1 N–H and O–H groups in total. The Morgan fingerprint density at radius 3 is 2.30 bits per heavy atom. The molecule has 0 heterocycles. The van der Waals surface area contributed by atoms with E-state index in [0.29, 0.717) is 5.92 Å². The Hall–Kier alpha value is 0.440. The lowest BCUT2D eigenvalue weighted by atomic mass is 9.85. The van der Waals surface area contributed by atoms with Gasteiger partial charge in [-0.2, -0.15) is 0 Å². The summed E-state index contributed by atoms with van der Waals surface area (Å²) in [6, 6.07) is 0. The molecule has 2 heteroatoms. The molecule has 0 aromatic carbocycles. The minimum atomic E-state index is 0.0905. The fraction of sp³-hybridized carbons (Fsp3) is 1.00. The van der Waals surface area contributed by atoms with E-state index < -0.39 is 0 Å². The van der Waals surface area contributed by atoms with Crippen LogP contribution in [0.3, 0.4) is 0 Å².